The molecule has 0 spiro atoms. The second-order valence-corrected chi connectivity index (χ2v) is 6.03. The number of halogens is 3. The molecule has 2 rings (SSSR count). The van der Waals surface area contributed by atoms with Crippen LogP contribution in [0.15, 0.2) is 24.3 Å². The molecule has 0 saturated carbocycles. The Morgan fingerprint density at radius 1 is 1.33 bits per heavy atom. The van der Waals surface area contributed by atoms with Crippen LogP contribution in [0.3, 0.4) is 0 Å². The third-order valence-corrected chi connectivity index (χ3v) is 4.53. The molecular weight excluding hydrogens is 259 g/mol. The summed E-state index contributed by atoms with van der Waals surface area (Å²) in [6.07, 6.45) is -2.14. The molecule has 1 aromatic carbocycles. The molecule has 0 aromatic heterocycles. The minimum atomic E-state index is -4.27. The van der Waals surface area contributed by atoms with Gasteiger partial charge in [0.2, 0.25) is 0 Å². The number of benzene rings is 1. The summed E-state index contributed by atoms with van der Waals surface area (Å²) in [5.41, 5.74) is -0.0345. The number of alkyl halides is 3. The number of anilines is 1. The number of rotatable bonds is 2. The van der Waals surface area contributed by atoms with Crippen LogP contribution in [0.5, 0.6) is 0 Å². The summed E-state index contributed by atoms with van der Waals surface area (Å²) in [5, 5.41) is 3.66. The third-order valence-electron chi connectivity index (χ3n) is 3.15. The largest absolute Gasteiger partial charge is 0.416 e. The van der Waals surface area contributed by atoms with Gasteiger partial charge in [-0.05, 0) is 36.8 Å². The van der Waals surface area contributed by atoms with Gasteiger partial charge in [0.15, 0.2) is 0 Å². The van der Waals surface area contributed by atoms with Crippen LogP contribution in [-0.2, 0) is 6.18 Å². The Morgan fingerprint density at radius 2 is 2.11 bits per heavy atom. The smallest absolute Gasteiger partial charge is 0.381 e. The normalized spacial score (nSPS) is 24.9. The highest BCUT2D eigenvalue weighted by Crippen LogP contribution is 2.32. The van der Waals surface area contributed by atoms with Gasteiger partial charge in [-0.1, -0.05) is 13.0 Å². The molecule has 0 radical (unpaired) electrons. The fourth-order valence-corrected chi connectivity index (χ4v) is 3.25. The molecule has 0 amide bonds. The SMILES string of the molecule is CC1SCCCC1Nc1cccc(C(F)(F)F)c1. The number of thioether (sulfide) groups is 1. The Bertz CT molecular complexity index is 405. The van der Waals surface area contributed by atoms with E-state index in [4.69, 9.17) is 0 Å². The van der Waals surface area contributed by atoms with Crippen LogP contribution in [-0.4, -0.2) is 17.0 Å². The Morgan fingerprint density at radius 3 is 2.78 bits per heavy atom. The van der Waals surface area contributed by atoms with Crippen LogP contribution >= 0.6 is 11.8 Å². The van der Waals surface area contributed by atoms with Gasteiger partial charge in [-0.2, -0.15) is 24.9 Å². The van der Waals surface area contributed by atoms with Crippen molar-refractivity contribution in [2.45, 2.75) is 37.2 Å². The molecule has 5 heteroatoms. The van der Waals surface area contributed by atoms with Crippen molar-refractivity contribution in [3.8, 4) is 0 Å². The molecule has 1 aromatic rings. The summed E-state index contributed by atoms with van der Waals surface area (Å²) in [5.74, 6) is 1.14. The van der Waals surface area contributed by atoms with Crippen molar-refractivity contribution in [2.24, 2.45) is 0 Å². The van der Waals surface area contributed by atoms with Gasteiger partial charge in [0, 0.05) is 17.0 Å². The topological polar surface area (TPSA) is 12.0 Å². The number of nitrogens with one attached hydrogen (secondary N) is 1. The minimum absolute atomic E-state index is 0.257. The van der Waals surface area contributed by atoms with E-state index in [9.17, 15) is 13.2 Å². The van der Waals surface area contributed by atoms with E-state index in [1.807, 2.05) is 11.8 Å². The number of hydrogen-bond acceptors (Lipinski definition) is 2. The maximum absolute atomic E-state index is 12.6. The van der Waals surface area contributed by atoms with Crippen LogP contribution in [0, 0.1) is 0 Å². The molecule has 1 heterocycles. The van der Waals surface area contributed by atoms with Crippen molar-refractivity contribution in [1.82, 2.24) is 0 Å². The highest BCUT2D eigenvalue weighted by Gasteiger charge is 2.30. The summed E-state index contributed by atoms with van der Waals surface area (Å²) in [4.78, 5) is 0. The van der Waals surface area contributed by atoms with Gasteiger partial charge in [0.05, 0.1) is 5.56 Å². The lowest BCUT2D eigenvalue weighted by Gasteiger charge is -2.30. The Kier molecular flexibility index (Phi) is 4.10. The fourth-order valence-electron chi connectivity index (χ4n) is 2.11. The van der Waals surface area contributed by atoms with Crippen LogP contribution in [0.4, 0.5) is 18.9 Å². The first-order valence-corrected chi connectivity index (χ1v) is 7.07. The number of hydrogen-bond donors (Lipinski definition) is 1. The lowest BCUT2D eigenvalue weighted by atomic mass is 10.1. The average Bonchev–Trinajstić information content (AvgIpc) is 2.31. The Hall–Kier alpha value is -0.840. The van der Waals surface area contributed by atoms with E-state index in [1.165, 1.54) is 12.1 Å². The molecule has 1 aliphatic heterocycles. The third kappa shape index (κ3) is 3.34. The first kappa shape index (κ1) is 13.6. The molecule has 1 nitrogen and oxygen atoms in total. The lowest BCUT2D eigenvalue weighted by molar-refractivity contribution is -0.137. The van der Waals surface area contributed by atoms with Crippen molar-refractivity contribution in [1.29, 1.82) is 0 Å². The molecule has 2 atom stereocenters. The Labute approximate surface area is 109 Å². The zero-order valence-electron chi connectivity index (χ0n) is 10.1. The second kappa shape index (κ2) is 5.43. The summed E-state index contributed by atoms with van der Waals surface area (Å²) >= 11 is 1.87. The van der Waals surface area contributed by atoms with E-state index in [1.54, 1.807) is 6.07 Å². The van der Waals surface area contributed by atoms with Gasteiger partial charge in [-0.3, -0.25) is 0 Å². The Balaban J connectivity index is 2.09. The highest BCUT2D eigenvalue weighted by atomic mass is 32.2. The summed E-state index contributed by atoms with van der Waals surface area (Å²) < 4.78 is 37.8. The molecule has 0 aliphatic carbocycles. The van der Waals surface area contributed by atoms with Crippen molar-refractivity contribution >= 4 is 17.4 Å². The summed E-state index contributed by atoms with van der Waals surface area (Å²) in [7, 11) is 0. The van der Waals surface area contributed by atoms with Crippen LogP contribution < -0.4 is 5.32 Å². The lowest BCUT2D eigenvalue weighted by Crippen LogP contribution is -2.32. The average molecular weight is 275 g/mol. The van der Waals surface area contributed by atoms with Crippen LogP contribution in [0.2, 0.25) is 0 Å². The van der Waals surface area contributed by atoms with Gasteiger partial charge in [-0.15, -0.1) is 0 Å². The van der Waals surface area contributed by atoms with Gasteiger partial charge in [0.25, 0.3) is 0 Å². The van der Waals surface area contributed by atoms with Gasteiger partial charge in [-0.25, -0.2) is 0 Å². The van der Waals surface area contributed by atoms with Gasteiger partial charge in [0.1, 0.15) is 0 Å². The summed E-state index contributed by atoms with van der Waals surface area (Å²) in [6.45, 7) is 2.12. The molecule has 0 bridgehead atoms. The van der Waals surface area contributed by atoms with Crippen molar-refractivity contribution in [3.63, 3.8) is 0 Å². The molecule has 1 fully saturated rings. The molecule has 1 N–H and O–H groups in total. The van der Waals surface area contributed by atoms with E-state index in [-0.39, 0.29) is 6.04 Å². The highest BCUT2D eigenvalue weighted by molar-refractivity contribution is 8.00. The van der Waals surface area contributed by atoms with E-state index in [0.29, 0.717) is 10.9 Å². The molecule has 100 valence electrons. The quantitative estimate of drug-likeness (QED) is 0.858. The minimum Gasteiger partial charge on any atom is -0.381 e. The molecule has 18 heavy (non-hydrogen) atoms. The first-order valence-electron chi connectivity index (χ1n) is 6.02. The predicted molar refractivity (Wildman–Crippen MR) is 70.0 cm³/mol. The maximum Gasteiger partial charge on any atom is 0.416 e. The van der Waals surface area contributed by atoms with E-state index in [2.05, 4.69) is 12.2 Å². The van der Waals surface area contributed by atoms with Crippen molar-refractivity contribution in [3.05, 3.63) is 29.8 Å². The van der Waals surface area contributed by atoms with E-state index in [0.717, 1.165) is 24.7 Å². The van der Waals surface area contributed by atoms with Crippen molar-refractivity contribution in [2.75, 3.05) is 11.1 Å². The standard InChI is InChI=1S/C13H16F3NS/c1-9-12(6-3-7-18-9)17-11-5-2-4-10(8-11)13(14,15)16/h2,4-5,8-9,12,17H,3,6-7H2,1H3. The fraction of sp³-hybridized carbons (Fsp3) is 0.538. The van der Waals surface area contributed by atoms with Gasteiger partial charge < -0.3 is 5.32 Å². The van der Waals surface area contributed by atoms with E-state index >= 15 is 0 Å². The summed E-state index contributed by atoms with van der Waals surface area (Å²) in [6, 6.07) is 5.69. The molecule has 2 unspecified atom stereocenters. The predicted octanol–water partition coefficient (Wildman–Crippen LogP) is 4.40. The van der Waals surface area contributed by atoms with E-state index < -0.39 is 11.7 Å². The zero-order chi connectivity index (χ0) is 13.2. The first-order chi connectivity index (χ1) is 8.47. The monoisotopic (exact) mass is 275 g/mol. The molecular formula is C13H16F3NS. The van der Waals surface area contributed by atoms with Gasteiger partial charge >= 0.3 is 6.18 Å². The van der Waals surface area contributed by atoms with Crippen LogP contribution in [0.25, 0.3) is 0 Å². The van der Waals surface area contributed by atoms with Crippen molar-refractivity contribution < 1.29 is 13.2 Å². The molecule has 1 saturated heterocycles. The maximum atomic E-state index is 12.6. The zero-order valence-corrected chi connectivity index (χ0v) is 10.9. The van der Waals surface area contributed by atoms with Crippen LogP contribution in [0.1, 0.15) is 25.3 Å². The molecule has 1 aliphatic rings. The second-order valence-electron chi connectivity index (χ2n) is 4.55.